The Bertz CT molecular complexity index is 1700. The molecule has 0 bridgehead atoms. The number of amides is 1. The van der Waals surface area contributed by atoms with Crippen molar-refractivity contribution in [3.8, 4) is 11.3 Å². The number of fused-ring (bicyclic) bond motifs is 1. The zero-order chi connectivity index (χ0) is 28.6. The lowest BCUT2D eigenvalue weighted by atomic mass is 9.65. The van der Waals surface area contributed by atoms with E-state index in [2.05, 4.69) is 83.4 Å². The van der Waals surface area contributed by atoms with Crippen molar-refractivity contribution < 1.29 is 4.79 Å². The predicted molar refractivity (Wildman–Crippen MR) is 170 cm³/mol. The summed E-state index contributed by atoms with van der Waals surface area (Å²) in [6.07, 6.45) is 2.52. The van der Waals surface area contributed by atoms with Gasteiger partial charge < -0.3 is 10.2 Å². The molecule has 5 aromatic rings. The van der Waals surface area contributed by atoms with Gasteiger partial charge in [0.05, 0.1) is 5.69 Å². The quantitative estimate of drug-likeness (QED) is 0.218. The molecule has 5 nitrogen and oxygen atoms in total. The van der Waals surface area contributed by atoms with Crippen molar-refractivity contribution in [3.05, 3.63) is 137 Å². The van der Waals surface area contributed by atoms with Crippen LogP contribution in [0.3, 0.4) is 0 Å². The van der Waals surface area contributed by atoms with Gasteiger partial charge in [0.15, 0.2) is 0 Å². The third kappa shape index (κ3) is 5.16. The molecule has 0 radical (unpaired) electrons. The molecule has 1 N–H and O–H groups in total. The maximum atomic E-state index is 14.0. The molecular formula is C35H31BrN4O. The second-order valence-corrected chi connectivity index (χ2v) is 12.2. The number of benzene rings is 4. The number of carbonyl (C=O) groups excluding carboxylic acids is 1. The number of hydrogen-bond acceptors (Lipinski definition) is 4. The minimum absolute atomic E-state index is 0.00166. The fourth-order valence-corrected chi connectivity index (χ4v) is 6.37. The highest BCUT2D eigenvalue weighted by Gasteiger charge is 2.48. The van der Waals surface area contributed by atoms with Crippen molar-refractivity contribution >= 4 is 39.2 Å². The van der Waals surface area contributed by atoms with Crippen LogP contribution in [0.15, 0.2) is 120 Å². The average molecular weight is 604 g/mol. The molecule has 1 unspecified atom stereocenters. The standard InChI is InChI=1S/C35H31BrN4O/c1-34(2)23-35(3,26-12-8-5-9-13-26)29-22-28(18-19-31(29)40(34)32(41)25-10-6-4-7-11-25)38-33-37-21-20-30(39-33)24-14-16-27(36)17-15-24/h4-22H,23H2,1-3H3,(H,37,38,39). The van der Waals surface area contributed by atoms with Crippen molar-refractivity contribution in [2.75, 3.05) is 10.2 Å². The summed E-state index contributed by atoms with van der Waals surface area (Å²) in [5, 5.41) is 3.43. The van der Waals surface area contributed by atoms with Gasteiger partial charge in [0, 0.05) is 44.1 Å². The lowest BCUT2D eigenvalue weighted by molar-refractivity contribution is 0.0948. The normalized spacial score (nSPS) is 17.5. The molecule has 41 heavy (non-hydrogen) atoms. The molecule has 0 saturated heterocycles. The Morgan fingerprint density at radius 2 is 1.54 bits per heavy atom. The first kappa shape index (κ1) is 26.9. The summed E-state index contributed by atoms with van der Waals surface area (Å²) < 4.78 is 1.02. The highest BCUT2D eigenvalue weighted by atomic mass is 79.9. The lowest BCUT2D eigenvalue weighted by Crippen LogP contribution is -2.55. The first-order valence-corrected chi connectivity index (χ1v) is 14.5. The Morgan fingerprint density at radius 3 is 2.24 bits per heavy atom. The van der Waals surface area contributed by atoms with Gasteiger partial charge in [0.1, 0.15) is 0 Å². The second-order valence-electron chi connectivity index (χ2n) is 11.3. The maximum absolute atomic E-state index is 14.0. The molecule has 0 spiro atoms. The number of nitrogens with one attached hydrogen (secondary N) is 1. The number of hydrogen-bond donors (Lipinski definition) is 1. The molecule has 0 saturated carbocycles. The molecule has 6 rings (SSSR count). The molecule has 1 aliphatic heterocycles. The highest BCUT2D eigenvalue weighted by Crippen LogP contribution is 2.51. The minimum Gasteiger partial charge on any atom is -0.324 e. The lowest BCUT2D eigenvalue weighted by Gasteiger charge is -2.51. The smallest absolute Gasteiger partial charge is 0.258 e. The Hall–Kier alpha value is -4.29. The monoisotopic (exact) mass is 602 g/mol. The average Bonchev–Trinajstić information content (AvgIpc) is 2.98. The molecule has 4 aromatic carbocycles. The first-order chi connectivity index (χ1) is 19.7. The first-order valence-electron chi connectivity index (χ1n) is 13.7. The number of rotatable bonds is 5. The van der Waals surface area contributed by atoms with E-state index in [1.807, 2.05) is 77.7 Å². The van der Waals surface area contributed by atoms with E-state index in [4.69, 9.17) is 4.98 Å². The molecule has 204 valence electrons. The summed E-state index contributed by atoms with van der Waals surface area (Å²) in [5.41, 5.74) is 5.85. The molecule has 6 heteroatoms. The third-order valence-electron chi connectivity index (χ3n) is 7.91. The van der Waals surface area contributed by atoms with E-state index in [-0.39, 0.29) is 11.3 Å². The molecule has 1 atom stereocenters. The van der Waals surface area contributed by atoms with Crippen LogP contribution in [0.25, 0.3) is 11.3 Å². The molecular weight excluding hydrogens is 572 g/mol. The van der Waals surface area contributed by atoms with Crippen LogP contribution in [0.4, 0.5) is 17.3 Å². The van der Waals surface area contributed by atoms with Crippen LogP contribution in [0.5, 0.6) is 0 Å². The van der Waals surface area contributed by atoms with E-state index < -0.39 is 5.54 Å². The Kier molecular flexibility index (Phi) is 6.96. The summed E-state index contributed by atoms with van der Waals surface area (Å²) in [7, 11) is 0. The molecule has 1 amide bonds. The van der Waals surface area contributed by atoms with Gasteiger partial charge in [0.25, 0.3) is 5.91 Å². The summed E-state index contributed by atoms with van der Waals surface area (Å²) in [6.45, 7) is 6.60. The van der Waals surface area contributed by atoms with Crippen molar-refractivity contribution in [3.63, 3.8) is 0 Å². The van der Waals surface area contributed by atoms with Gasteiger partial charge in [0.2, 0.25) is 5.95 Å². The number of nitrogens with zero attached hydrogens (tertiary/aromatic N) is 3. The van der Waals surface area contributed by atoms with Gasteiger partial charge in [-0.15, -0.1) is 0 Å². The molecule has 0 fully saturated rings. The zero-order valence-electron chi connectivity index (χ0n) is 23.3. The number of carbonyl (C=O) groups is 1. The van der Waals surface area contributed by atoms with Crippen molar-refractivity contribution in [2.45, 2.75) is 38.1 Å². The van der Waals surface area contributed by atoms with Gasteiger partial charge in [-0.3, -0.25) is 4.79 Å². The van der Waals surface area contributed by atoms with Gasteiger partial charge in [-0.25, -0.2) is 9.97 Å². The van der Waals surface area contributed by atoms with E-state index in [1.54, 1.807) is 6.20 Å². The van der Waals surface area contributed by atoms with Gasteiger partial charge in [-0.2, -0.15) is 0 Å². The fraction of sp³-hybridized carbons (Fsp3) is 0.171. The van der Waals surface area contributed by atoms with E-state index in [1.165, 1.54) is 5.56 Å². The molecule has 1 aromatic heterocycles. The van der Waals surface area contributed by atoms with Crippen LogP contribution in [0, 0.1) is 0 Å². The molecule has 2 heterocycles. The molecule has 1 aliphatic rings. The Labute approximate surface area is 249 Å². The van der Waals surface area contributed by atoms with Gasteiger partial charge in [-0.05, 0) is 79.9 Å². The second kappa shape index (κ2) is 10.6. The summed E-state index contributed by atoms with van der Waals surface area (Å²) in [6, 6.07) is 36.3. The summed E-state index contributed by atoms with van der Waals surface area (Å²) in [4.78, 5) is 25.2. The van der Waals surface area contributed by atoms with E-state index in [0.29, 0.717) is 11.5 Å². The number of anilines is 3. The third-order valence-corrected chi connectivity index (χ3v) is 8.44. The maximum Gasteiger partial charge on any atom is 0.258 e. The molecule has 0 aliphatic carbocycles. The van der Waals surface area contributed by atoms with E-state index in [0.717, 1.165) is 39.1 Å². The Morgan fingerprint density at radius 1 is 0.854 bits per heavy atom. The number of halogens is 1. The van der Waals surface area contributed by atoms with Crippen molar-refractivity contribution in [1.82, 2.24) is 9.97 Å². The SMILES string of the molecule is CC1(c2ccccc2)CC(C)(C)N(C(=O)c2ccccc2)c2ccc(Nc3nccc(-c4ccc(Br)cc4)n3)cc21. The topological polar surface area (TPSA) is 58.1 Å². The highest BCUT2D eigenvalue weighted by molar-refractivity contribution is 9.10. The van der Waals surface area contributed by atoms with Gasteiger partial charge >= 0.3 is 0 Å². The fourth-order valence-electron chi connectivity index (χ4n) is 6.10. The van der Waals surface area contributed by atoms with Crippen LogP contribution >= 0.6 is 15.9 Å². The van der Waals surface area contributed by atoms with Crippen LogP contribution in [-0.2, 0) is 5.41 Å². The van der Waals surface area contributed by atoms with Crippen LogP contribution in [0.2, 0.25) is 0 Å². The van der Waals surface area contributed by atoms with Crippen LogP contribution in [0.1, 0.15) is 48.7 Å². The van der Waals surface area contributed by atoms with E-state index >= 15 is 0 Å². The summed E-state index contributed by atoms with van der Waals surface area (Å²) in [5.74, 6) is 0.512. The van der Waals surface area contributed by atoms with Gasteiger partial charge in [-0.1, -0.05) is 83.5 Å². The predicted octanol–water partition coefficient (Wildman–Crippen LogP) is 8.78. The largest absolute Gasteiger partial charge is 0.324 e. The Balaban J connectivity index is 1.44. The minimum atomic E-state index is -0.429. The van der Waals surface area contributed by atoms with Crippen LogP contribution in [-0.4, -0.2) is 21.4 Å². The number of aromatic nitrogens is 2. The summed E-state index contributed by atoms with van der Waals surface area (Å²) >= 11 is 3.50. The zero-order valence-corrected chi connectivity index (χ0v) is 24.9. The van der Waals surface area contributed by atoms with Crippen molar-refractivity contribution in [1.29, 1.82) is 0 Å². The van der Waals surface area contributed by atoms with Crippen LogP contribution < -0.4 is 10.2 Å². The van der Waals surface area contributed by atoms with Crippen molar-refractivity contribution in [2.24, 2.45) is 0 Å². The van der Waals surface area contributed by atoms with E-state index in [9.17, 15) is 4.79 Å².